The number of carbonyl (C=O) groups is 1. The number of fused-ring (bicyclic) bond motifs is 1. The number of hydrogen-bond acceptors (Lipinski definition) is 5. The van der Waals surface area contributed by atoms with Crippen LogP contribution in [0.5, 0.6) is 0 Å². The van der Waals surface area contributed by atoms with Crippen LogP contribution in [0, 0.1) is 32.1 Å². The van der Waals surface area contributed by atoms with Crippen LogP contribution in [-0.2, 0) is 13.1 Å². The first-order chi connectivity index (χ1) is 15.8. The number of nitrogens with zero attached hydrogens (tertiary/aromatic N) is 6. The van der Waals surface area contributed by atoms with Gasteiger partial charge in [-0.3, -0.25) is 9.48 Å². The molecule has 1 amide bonds. The van der Waals surface area contributed by atoms with Gasteiger partial charge in [0.05, 0.1) is 22.8 Å². The molecule has 0 aliphatic heterocycles. The molecule has 0 radical (unpaired) electrons. The number of aromatic nitrogens is 4. The molecule has 0 unspecified atom stereocenters. The highest BCUT2D eigenvalue weighted by Gasteiger charge is 2.22. The number of hydrogen-bond donors (Lipinski definition) is 0. The highest BCUT2D eigenvalue weighted by atomic mass is 16.2. The average Bonchev–Trinajstić information content (AvgIpc) is 3.10. The second kappa shape index (κ2) is 8.83. The Morgan fingerprint density at radius 2 is 1.91 bits per heavy atom. The predicted molar refractivity (Wildman–Crippen MR) is 128 cm³/mol. The normalized spacial score (nSPS) is 10.9. The van der Waals surface area contributed by atoms with Gasteiger partial charge in [0.15, 0.2) is 5.82 Å². The predicted octanol–water partition coefficient (Wildman–Crippen LogP) is 4.58. The fourth-order valence-electron chi connectivity index (χ4n) is 4.02. The molecule has 0 aliphatic rings. The summed E-state index contributed by atoms with van der Waals surface area (Å²) in [6, 6.07) is 15.1. The van der Waals surface area contributed by atoms with Crippen LogP contribution in [0.15, 0.2) is 42.5 Å². The molecule has 7 nitrogen and oxygen atoms in total. The quantitative estimate of drug-likeness (QED) is 0.455. The zero-order valence-corrected chi connectivity index (χ0v) is 19.5. The molecule has 0 saturated heterocycles. The molecule has 2 aromatic heterocycles. The summed E-state index contributed by atoms with van der Waals surface area (Å²) in [7, 11) is 1.78. The molecular formula is C26H26N6O. The number of benzene rings is 2. The molecule has 4 aromatic rings. The minimum Gasteiger partial charge on any atom is -0.336 e. The fraction of sp³-hybridized carbons (Fsp3) is 0.269. The average molecular weight is 439 g/mol. The first-order valence-electron chi connectivity index (χ1n) is 10.9. The molecule has 0 fully saturated rings. The van der Waals surface area contributed by atoms with Crippen molar-refractivity contribution in [2.24, 2.45) is 0 Å². The van der Waals surface area contributed by atoms with Crippen LogP contribution in [0.4, 0.5) is 0 Å². The molecule has 0 spiro atoms. The zero-order chi connectivity index (χ0) is 23.7. The number of aryl methyl sites for hydroxylation is 3. The first kappa shape index (κ1) is 22.2. The minimum atomic E-state index is -0.186. The Hall–Kier alpha value is -4.05. The van der Waals surface area contributed by atoms with Gasteiger partial charge in [0, 0.05) is 42.3 Å². The second-order valence-corrected chi connectivity index (χ2v) is 8.24. The maximum atomic E-state index is 13.6. The highest BCUT2D eigenvalue weighted by Crippen LogP contribution is 2.25. The molecule has 33 heavy (non-hydrogen) atoms. The van der Waals surface area contributed by atoms with E-state index >= 15 is 0 Å². The van der Waals surface area contributed by atoms with Gasteiger partial charge in [-0.1, -0.05) is 23.8 Å². The van der Waals surface area contributed by atoms with Crippen molar-refractivity contribution in [1.82, 2.24) is 24.6 Å². The largest absolute Gasteiger partial charge is 0.336 e. The van der Waals surface area contributed by atoms with E-state index in [-0.39, 0.29) is 5.91 Å². The van der Waals surface area contributed by atoms with Gasteiger partial charge in [0.1, 0.15) is 5.69 Å². The first-order valence-corrected chi connectivity index (χ1v) is 10.9. The lowest BCUT2D eigenvalue weighted by atomic mass is 10.1. The molecule has 4 rings (SSSR count). The standard InChI is InChI=1S/C26H26N6O/c1-6-32-18(4)22(17(3)30-32)15-31(5)26(33)24-21-12-16(2)10-11-23(21)28-25(29-24)20-9-7-8-19(13-20)14-27/h7-13H,6,15H2,1-5H3. The van der Waals surface area contributed by atoms with E-state index in [0.717, 1.165) is 29.1 Å². The van der Waals surface area contributed by atoms with Gasteiger partial charge >= 0.3 is 0 Å². The molecular weight excluding hydrogens is 412 g/mol. The third-order valence-electron chi connectivity index (χ3n) is 5.88. The summed E-state index contributed by atoms with van der Waals surface area (Å²) in [5.41, 5.74) is 6.31. The van der Waals surface area contributed by atoms with Crippen molar-refractivity contribution in [3.8, 4) is 17.5 Å². The molecule has 166 valence electrons. The fourth-order valence-corrected chi connectivity index (χ4v) is 4.02. The van der Waals surface area contributed by atoms with E-state index in [9.17, 15) is 10.1 Å². The lowest BCUT2D eigenvalue weighted by molar-refractivity contribution is 0.0781. The topological polar surface area (TPSA) is 87.7 Å². The van der Waals surface area contributed by atoms with Gasteiger partial charge < -0.3 is 4.90 Å². The van der Waals surface area contributed by atoms with Crippen molar-refractivity contribution in [3.63, 3.8) is 0 Å². The van der Waals surface area contributed by atoms with Crippen molar-refractivity contribution in [3.05, 3.63) is 76.2 Å². The Morgan fingerprint density at radius 1 is 1.12 bits per heavy atom. The van der Waals surface area contributed by atoms with E-state index < -0.39 is 0 Å². The smallest absolute Gasteiger partial charge is 0.273 e. The molecule has 0 bridgehead atoms. The maximum absolute atomic E-state index is 13.6. The van der Waals surface area contributed by atoms with Gasteiger partial charge in [-0.25, -0.2) is 9.97 Å². The maximum Gasteiger partial charge on any atom is 0.273 e. The Labute approximate surface area is 193 Å². The van der Waals surface area contributed by atoms with Crippen molar-refractivity contribution >= 4 is 16.8 Å². The zero-order valence-electron chi connectivity index (χ0n) is 19.5. The van der Waals surface area contributed by atoms with Crippen molar-refractivity contribution in [1.29, 1.82) is 5.26 Å². The van der Waals surface area contributed by atoms with Gasteiger partial charge in [-0.2, -0.15) is 10.4 Å². The van der Waals surface area contributed by atoms with E-state index in [1.165, 1.54) is 0 Å². The van der Waals surface area contributed by atoms with Gasteiger partial charge in [0.2, 0.25) is 0 Å². The lowest BCUT2D eigenvalue weighted by Gasteiger charge is -2.19. The molecule has 7 heteroatoms. The third kappa shape index (κ3) is 4.20. The van der Waals surface area contributed by atoms with Gasteiger partial charge in [-0.15, -0.1) is 0 Å². The monoisotopic (exact) mass is 438 g/mol. The number of rotatable bonds is 5. The third-order valence-corrected chi connectivity index (χ3v) is 5.88. The minimum absolute atomic E-state index is 0.186. The molecule has 2 heterocycles. The summed E-state index contributed by atoms with van der Waals surface area (Å²) >= 11 is 0. The number of amides is 1. The molecule has 0 atom stereocenters. The Balaban J connectivity index is 1.80. The molecule has 0 saturated carbocycles. The van der Waals surface area contributed by atoms with Crippen LogP contribution in [0.3, 0.4) is 0 Å². The number of nitriles is 1. The Bertz CT molecular complexity index is 1410. The van der Waals surface area contributed by atoms with E-state index in [1.54, 1.807) is 30.1 Å². The summed E-state index contributed by atoms with van der Waals surface area (Å²) in [4.78, 5) is 24.7. The van der Waals surface area contributed by atoms with Gasteiger partial charge in [0.25, 0.3) is 5.91 Å². The summed E-state index contributed by atoms with van der Waals surface area (Å²) in [6.07, 6.45) is 0. The Kier molecular flexibility index (Phi) is 5.93. The summed E-state index contributed by atoms with van der Waals surface area (Å²) in [5, 5.41) is 14.6. The summed E-state index contributed by atoms with van der Waals surface area (Å²) in [6.45, 7) is 9.25. The van der Waals surface area contributed by atoms with Gasteiger partial charge in [-0.05, 0) is 52.0 Å². The van der Waals surface area contributed by atoms with Crippen LogP contribution < -0.4 is 0 Å². The van der Waals surface area contributed by atoms with E-state index in [1.807, 2.05) is 49.7 Å². The van der Waals surface area contributed by atoms with Crippen LogP contribution >= 0.6 is 0 Å². The van der Waals surface area contributed by atoms with Crippen molar-refractivity contribution < 1.29 is 4.79 Å². The SMILES string of the molecule is CCn1nc(C)c(CN(C)C(=O)c2nc(-c3cccc(C#N)c3)nc3ccc(C)cc23)c1C. The second-order valence-electron chi connectivity index (χ2n) is 8.24. The molecule has 0 aliphatic carbocycles. The summed E-state index contributed by atoms with van der Waals surface area (Å²) in [5.74, 6) is 0.236. The van der Waals surface area contributed by atoms with E-state index in [0.29, 0.717) is 40.1 Å². The van der Waals surface area contributed by atoms with Crippen LogP contribution in [0.2, 0.25) is 0 Å². The lowest BCUT2D eigenvalue weighted by Crippen LogP contribution is -2.28. The van der Waals surface area contributed by atoms with Crippen LogP contribution in [0.1, 0.15) is 45.5 Å². The van der Waals surface area contributed by atoms with Crippen molar-refractivity contribution in [2.75, 3.05) is 7.05 Å². The van der Waals surface area contributed by atoms with E-state index in [4.69, 9.17) is 0 Å². The summed E-state index contributed by atoms with van der Waals surface area (Å²) < 4.78 is 1.95. The van der Waals surface area contributed by atoms with Crippen molar-refractivity contribution in [2.45, 2.75) is 40.8 Å². The van der Waals surface area contributed by atoms with Crippen LogP contribution in [0.25, 0.3) is 22.3 Å². The van der Waals surface area contributed by atoms with E-state index in [2.05, 4.69) is 28.1 Å². The highest BCUT2D eigenvalue weighted by molar-refractivity contribution is 6.05. The molecule has 0 N–H and O–H groups in total. The Morgan fingerprint density at radius 3 is 2.61 bits per heavy atom. The number of carbonyl (C=O) groups excluding carboxylic acids is 1. The molecule has 2 aromatic carbocycles. The van der Waals surface area contributed by atoms with Crippen LogP contribution in [-0.4, -0.2) is 37.6 Å².